The Morgan fingerprint density at radius 1 is 2.00 bits per heavy atom. The highest BCUT2D eigenvalue weighted by Crippen LogP contribution is 1.81. The van der Waals surface area contributed by atoms with Crippen molar-refractivity contribution in [2.24, 2.45) is 0 Å². The maximum atomic E-state index is 9.21. The van der Waals surface area contributed by atoms with E-state index >= 15 is 0 Å². The molecule has 0 spiro atoms. The summed E-state index contributed by atoms with van der Waals surface area (Å²) >= 11 is 0. The van der Waals surface area contributed by atoms with E-state index in [1.165, 1.54) is 6.47 Å². The molecule has 0 saturated carbocycles. The molecule has 0 fully saturated rings. The Morgan fingerprint density at radius 2 is 2.50 bits per heavy atom. The molecule has 0 aliphatic heterocycles. The number of allylic oxidation sites excluding steroid dienone is 1. The fourth-order valence-corrected chi connectivity index (χ4v) is 0.0711. The van der Waals surface area contributed by atoms with Crippen LogP contribution in [0.5, 0.6) is 0 Å². The van der Waals surface area contributed by atoms with Crippen LogP contribution in [-0.2, 0) is 9.53 Å². The predicted molar refractivity (Wildman–Crippen MR) is 21.6 cm³/mol. The number of rotatable bonds is 2. The van der Waals surface area contributed by atoms with Gasteiger partial charge < -0.3 is 4.74 Å². The van der Waals surface area contributed by atoms with Crippen LogP contribution < -0.4 is 0 Å². The summed E-state index contributed by atoms with van der Waals surface area (Å²) in [6.07, 6.45) is 0. The third kappa shape index (κ3) is 3.21. The molecule has 0 atom stereocenters. The minimum Gasteiger partial charge on any atom is -0.424 e. The largest absolute Gasteiger partial charge is 0.424 e. The van der Waals surface area contributed by atoms with Gasteiger partial charge in [0.1, 0.15) is 0 Å². The minimum absolute atomic E-state index is 0.366. The van der Waals surface area contributed by atoms with Gasteiger partial charge in [0.15, 0.2) is 0 Å². The molecule has 0 aromatic heterocycles. The third-order valence-electron chi connectivity index (χ3n) is 0.216. The van der Waals surface area contributed by atoms with Crippen LogP contribution in [0.2, 0.25) is 0 Å². The first-order valence-corrected chi connectivity index (χ1v) is 1.47. The standard InChI is InChI=1S/C4H5O2/c1-4(2)6-3-5/h1H2,2H3. The smallest absolute Gasteiger partial charge is 0.422 e. The molecule has 0 heterocycles. The third-order valence-corrected chi connectivity index (χ3v) is 0.216. The SMILES string of the molecule is C=C(C)O[C]=O. The van der Waals surface area contributed by atoms with Crippen LogP contribution in [-0.4, -0.2) is 6.47 Å². The molecule has 2 heteroatoms. The van der Waals surface area contributed by atoms with Crippen molar-refractivity contribution in [3.8, 4) is 0 Å². The Morgan fingerprint density at radius 3 is 2.50 bits per heavy atom. The Labute approximate surface area is 36.4 Å². The van der Waals surface area contributed by atoms with Gasteiger partial charge >= 0.3 is 6.47 Å². The van der Waals surface area contributed by atoms with Crippen LogP contribution in [0.15, 0.2) is 12.3 Å². The molecule has 0 N–H and O–H groups in total. The normalized spacial score (nSPS) is 6.83. The monoisotopic (exact) mass is 85.0 g/mol. The van der Waals surface area contributed by atoms with Crippen molar-refractivity contribution in [3.63, 3.8) is 0 Å². The molecule has 33 valence electrons. The Kier molecular flexibility index (Phi) is 2.13. The van der Waals surface area contributed by atoms with Crippen molar-refractivity contribution in [1.29, 1.82) is 0 Å². The first kappa shape index (κ1) is 5.21. The van der Waals surface area contributed by atoms with Crippen molar-refractivity contribution < 1.29 is 9.53 Å². The van der Waals surface area contributed by atoms with Crippen molar-refractivity contribution in [3.05, 3.63) is 12.3 Å². The average Bonchev–Trinajstić information content (AvgIpc) is 1.35. The summed E-state index contributed by atoms with van der Waals surface area (Å²) in [5.41, 5.74) is 0. The molecule has 0 aromatic rings. The first-order chi connectivity index (χ1) is 2.77. The van der Waals surface area contributed by atoms with Gasteiger partial charge in [-0.3, -0.25) is 0 Å². The van der Waals surface area contributed by atoms with Gasteiger partial charge in [-0.1, -0.05) is 6.58 Å². The summed E-state index contributed by atoms with van der Waals surface area (Å²) in [6, 6.07) is 0. The molecule has 0 saturated heterocycles. The van der Waals surface area contributed by atoms with E-state index in [4.69, 9.17) is 0 Å². The molecule has 0 rings (SSSR count). The number of carbonyl (C=O) groups excluding carboxylic acids is 1. The summed E-state index contributed by atoms with van der Waals surface area (Å²) in [4.78, 5) is 9.21. The fraction of sp³-hybridized carbons (Fsp3) is 0.250. The van der Waals surface area contributed by atoms with Gasteiger partial charge in [0.25, 0.3) is 0 Å². The van der Waals surface area contributed by atoms with Gasteiger partial charge in [0.05, 0.1) is 5.76 Å². The second-order valence-corrected chi connectivity index (χ2v) is 0.887. The fourth-order valence-electron chi connectivity index (χ4n) is 0.0711. The van der Waals surface area contributed by atoms with E-state index in [-0.39, 0.29) is 0 Å². The molecule has 6 heavy (non-hydrogen) atoms. The zero-order valence-corrected chi connectivity index (χ0v) is 3.52. The minimum atomic E-state index is 0.366. The first-order valence-electron chi connectivity index (χ1n) is 1.47. The van der Waals surface area contributed by atoms with E-state index in [1.807, 2.05) is 0 Å². The van der Waals surface area contributed by atoms with Crippen LogP contribution in [0.4, 0.5) is 0 Å². The summed E-state index contributed by atoms with van der Waals surface area (Å²) in [5.74, 6) is 0.366. The number of ether oxygens (including phenoxy) is 1. The molecule has 0 aromatic carbocycles. The van der Waals surface area contributed by atoms with E-state index in [9.17, 15) is 4.79 Å². The van der Waals surface area contributed by atoms with E-state index in [0.29, 0.717) is 5.76 Å². The highest BCUT2D eigenvalue weighted by molar-refractivity contribution is 5.40. The molecule has 0 aliphatic carbocycles. The molecule has 0 unspecified atom stereocenters. The molecule has 2 nitrogen and oxygen atoms in total. The molecular weight excluding hydrogens is 80.0 g/mol. The molecule has 1 radical (unpaired) electrons. The van der Waals surface area contributed by atoms with Crippen LogP contribution in [0.25, 0.3) is 0 Å². The van der Waals surface area contributed by atoms with E-state index < -0.39 is 0 Å². The van der Waals surface area contributed by atoms with Gasteiger partial charge in [0, 0.05) is 0 Å². The zero-order valence-electron chi connectivity index (χ0n) is 3.52. The maximum absolute atomic E-state index is 9.21. The van der Waals surface area contributed by atoms with Crippen molar-refractivity contribution in [2.75, 3.05) is 0 Å². The quantitative estimate of drug-likeness (QED) is 0.459. The highest BCUT2D eigenvalue weighted by atomic mass is 16.5. The van der Waals surface area contributed by atoms with Gasteiger partial charge in [-0.2, -0.15) is 0 Å². The Hall–Kier alpha value is -0.790. The summed E-state index contributed by atoms with van der Waals surface area (Å²) in [5, 5.41) is 0. The van der Waals surface area contributed by atoms with Crippen LogP contribution >= 0.6 is 0 Å². The molecular formula is C4H5O2. The van der Waals surface area contributed by atoms with E-state index in [1.54, 1.807) is 6.92 Å². The molecule has 0 amide bonds. The van der Waals surface area contributed by atoms with Crippen LogP contribution in [0, 0.1) is 0 Å². The summed E-state index contributed by atoms with van der Waals surface area (Å²) in [7, 11) is 0. The topological polar surface area (TPSA) is 26.3 Å². The maximum Gasteiger partial charge on any atom is 0.422 e. The second-order valence-electron chi connectivity index (χ2n) is 0.887. The zero-order chi connectivity index (χ0) is 4.99. The highest BCUT2D eigenvalue weighted by Gasteiger charge is 1.75. The van der Waals surface area contributed by atoms with Gasteiger partial charge in [-0.25, -0.2) is 4.79 Å². The van der Waals surface area contributed by atoms with Crippen molar-refractivity contribution in [2.45, 2.75) is 6.92 Å². The van der Waals surface area contributed by atoms with Crippen molar-refractivity contribution >= 4 is 6.47 Å². The Bertz CT molecular complexity index is 65.9. The van der Waals surface area contributed by atoms with Crippen LogP contribution in [0.1, 0.15) is 6.92 Å². The van der Waals surface area contributed by atoms with Crippen LogP contribution in [0.3, 0.4) is 0 Å². The summed E-state index contributed by atoms with van der Waals surface area (Å²) < 4.78 is 4.04. The van der Waals surface area contributed by atoms with Gasteiger partial charge in [0.2, 0.25) is 0 Å². The lowest BCUT2D eigenvalue weighted by Gasteiger charge is -1.84. The lowest BCUT2D eigenvalue weighted by atomic mass is 10.7. The molecule has 0 bridgehead atoms. The number of hydrogen-bond donors (Lipinski definition) is 0. The van der Waals surface area contributed by atoms with Crippen molar-refractivity contribution in [1.82, 2.24) is 0 Å². The van der Waals surface area contributed by atoms with E-state index in [0.717, 1.165) is 0 Å². The van der Waals surface area contributed by atoms with E-state index in [2.05, 4.69) is 11.3 Å². The average molecular weight is 85.1 g/mol. The lowest BCUT2D eigenvalue weighted by Crippen LogP contribution is -1.77. The Balaban J connectivity index is 3.05. The van der Waals surface area contributed by atoms with Gasteiger partial charge in [-0.05, 0) is 6.92 Å². The lowest BCUT2D eigenvalue weighted by molar-refractivity contribution is 0.366. The van der Waals surface area contributed by atoms with Gasteiger partial charge in [-0.15, -0.1) is 0 Å². The predicted octanol–water partition coefficient (Wildman–Crippen LogP) is 0.604. The number of hydrogen-bond acceptors (Lipinski definition) is 2. The second kappa shape index (κ2) is 2.45. The summed E-state index contributed by atoms with van der Waals surface area (Å²) in [6.45, 7) is 6.05. The molecule has 0 aliphatic rings.